The Hall–Kier alpha value is -3.83. The molecule has 154 valence electrons. The summed E-state index contributed by atoms with van der Waals surface area (Å²) in [5, 5.41) is 6.85. The van der Waals surface area contributed by atoms with Gasteiger partial charge in [-0.05, 0) is 46.7 Å². The van der Waals surface area contributed by atoms with Crippen LogP contribution in [-0.2, 0) is 6.61 Å². The zero-order chi connectivity index (χ0) is 21.6. The molecule has 0 saturated carbocycles. The molecule has 0 heterocycles. The van der Waals surface area contributed by atoms with Crippen LogP contribution in [0.4, 0.5) is 5.69 Å². The topological polar surface area (TPSA) is 76.7 Å². The fourth-order valence-electron chi connectivity index (χ4n) is 3.20. The molecule has 5 nitrogen and oxygen atoms in total. The molecule has 4 aromatic rings. The van der Waals surface area contributed by atoms with Crippen LogP contribution in [0.15, 0.2) is 90.0 Å². The first-order chi connectivity index (χ1) is 15.1. The minimum Gasteiger partial charge on any atom is -0.488 e. The second-order valence-corrected chi connectivity index (χ2v) is 7.34. The average Bonchev–Trinajstić information content (AvgIpc) is 2.79. The van der Waals surface area contributed by atoms with Crippen LogP contribution < -0.4 is 15.9 Å². The molecule has 0 spiro atoms. The van der Waals surface area contributed by atoms with E-state index in [2.05, 4.69) is 10.5 Å². The van der Waals surface area contributed by atoms with E-state index in [1.807, 2.05) is 60.7 Å². The summed E-state index contributed by atoms with van der Waals surface area (Å²) in [6.07, 6.45) is 1.59. The standard InChI is InChI=1S/C25H20ClN3O2/c26-19-12-9-17(10-13-19)16-31-24-14-11-18-5-1-2-6-20(18)22(24)15-28-29-25(30)21-7-3-4-8-23(21)27/h1-15H,16,27H2,(H,29,30)/b28-15+. The SMILES string of the molecule is Nc1ccccc1C(=O)N/N=C/c1c(OCc2ccc(Cl)cc2)ccc2ccccc12. The first-order valence-corrected chi connectivity index (χ1v) is 10.1. The molecule has 0 atom stereocenters. The first-order valence-electron chi connectivity index (χ1n) is 9.69. The lowest BCUT2D eigenvalue weighted by molar-refractivity contribution is 0.0956. The number of hydrogen-bond acceptors (Lipinski definition) is 4. The maximum absolute atomic E-state index is 12.4. The molecule has 0 aliphatic rings. The summed E-state index contributed by atoms with van der Waals surface area (Å²) < 4.78 is 6.07. The molecular weight excluding hydrogens is 410 g/mol. The van der Waals surface area contributed by atoms with E-state index < -0.39 is 0 Å². The van der Waals surface area contributed by atoms with Crippen LogP contribution in [0.3, 0.4) is 0 Å². The number of hydrazone groups is 1. The largest absolute Gasteiger partial charge is 0.488 e. The lowest BCUT2D eigenvalue weighted by atomic mass is 10.0. The predicted octanol–water partition coefficient (Wildman–Crippen LogP) is 5.42. The maximum Gasteiger partial charge on any atom is 0.273 e. The van der Waals surface area contributed by atoms with Crippen LogP contribution >= 0.6 is 11.6 Å². The molecule has 1 amide bonds. The zero-order valence-corrected chi connectivity index (χ0v) is 17.3. The number of nitrogens with one attached hydrogen (secondary N) is 1. The molecule has 0 aromatic heterocycles. The highest BCUT2D eigenvalue weighted by Gasteiger charge is 2.10. The first kappa shape index (κ1) is 20.4. The number of benzene rings is 4. The number of nitrogens with zero attached hydrogens (tertiary/aromatic N) is 1. The second kappa shape index (κ2) is 9.32. The Bertz CT molecular complexity index is 1250. The number of hydrogen-bond donors (Lipinski definition) is 2. The van der Waals surface area contributed by atoms with Gasteiger partial charge in [0.1, 0.15) is 12.4 Å². The van der Waals surface area contributed by atoms with Gasteiger partial charge in [0.05, 0.1) is 11.8 Å². The highest BCUT2D eigenvalue weighted by Crippen LogP contribution is 2.27. The summed E-state index contributed by atoms with van der Waals surface area (Å²) in [4.78, 5) is 12.4. The Labute approximate surface area is 185 Å². The van der Waals surface area contributed by atoms with E-state index in [1.54, 1.807) is 30.5 Å². The van der Waals surface area contributed by atoms with Gasteiger partial charge < -0.3 is 10.5 Å². The van der Waals surface area contributed by atoms with Crippen molar-refractivity contribution in [2.24, 2.45) is 5.10 Å². The van der Waals surface area contributed by atoms with Gasteiger partial charge in [-0.1, -0.05) is 66.2 Å². The van der Waals surface area contributed by atoms with Gasteiger partial charge in [-0.25, -0.2) is 5.43 Å². The van der Waals surface area contributed by atoms with Gasteiger partial charge in [0, 0.05) is 16.3 Å². The summed E-state index contributed by atoms with van der Waals surface area (Å²) in [5.41, 5.74) is 10.9. The number of para-hydroxylation sites is 1. The quantitative estimate of drug-likeness (QED) is 0.244. The average molecular weight is 430 g/mol. The molecule has 4 rings (SSSR count). The summed E-state index contributed by atoms with van der Waals surface area (Å²) in [6.45, 7) is 0.378. The Morgan fingerprint density at radius 2 is 1.71 bits per heavy atom. The fraction of sp³-hybridized carbons (Fsp3) is 0.0400. The van der Waals surface area contributed by atoms with Crippen molar-refractivity contribution >= 4 is 40.2 Å². The third-order valence-electron chi connectivity index (χ3n) is 4.80. The fourth-order valence-corrected chi connectivity index (χ4v) is 3.32. The van der Waals surface area contributed by atoms with Gasteiger partial charge in [-0.2, -0.15) is 5.10 Å². The molecule has 0 saturated heterocycles. The van der Waals surface area contributed by atoms with E-state index in [0.717, 1.165) is 21.9 Å². The number of rotatable bonds is 6. The van der Waals surface area contributed by atoms with Crippen molar-refractivity contribution < 1.29 is 9.53 Å². The van der Waals surface area contributed by atoms with E-state index in [9.17, 15) is 4.79 Å². The van der Waals surface area contributed by atoms with Crippen LogP contribution in [0.25, 0.3) is 10.8 Å². The number of amides is 1. The van der Waals surface area contributed by atoms with Crippen LogP contribution in [0.5, 0.6) is 5.75 Å². The molecule has 0 radical (unpaired) electrons. The molecule has 0 aliphatic heterocycles. The molecule has 3 N–H and O–H groups in total. The maximum atomic E-state index is 12.4. The molecule has 4 aromatic carbocycles. The lowest BCUT2D eigenvalue weighted by Gasteiger charge is -2.12. The van der Waals surface area contributed by atoms with Gasteiger partial charge >= 0.3 is 0 Å². The molecule has 0 unspecified atom stereocenters. The van der Waals surface area contributed by atoms with Gasteiger partial charge in [0.2, 0.25) is 0 Å². The summed E-state index contributed by atoms with van der Waals surface area (Å²) >= 11 is 5.96. The number of anilines is 1. The van der Waals surface area contributed by atoms with Crippen molar-refractivity contribution in [1.29, 1.82) is 0 Å². The van der Waals surface area contributed by atoms with Crippen molar-refractivity contribution in [3.63, 3.8) is 0 Å². The second-order valence-electron chi connectivity index (χ2n) is 6.90. The Balaban J connectivity index is 1.59. The van der Waals surface area contributed by atoms with E-state index >= 15 is 0 Å². The van der Waals surface area contributed by atoms with E-state index in [1.165, 1.54) is 0 Å². The molecule has 0 aliphatic carbocycles. The molecule has 0 bridgehead atoms. The minimum atomic E-state index is -0.377. The highest BCUT2D eigenvalue weighted by molar-refractivity contribution is 6.30. The zero-order valence-electron chi connectivity index (χ0n) is 16.6. The number of ether oxygens (including phenoxy) is 1. The summed E-state index contributed by atoms with van der Waals surface area (Å²) in [5.74, 6) is 0.282. The monoisotopic (exact) mass is 429 g/mol. The molecule has 31 heavy (non-hydrogen) atoms. The number of carbonyl (C=O) groups is 1. The number of nitrogens with two attached hydrogens (primary N) is 1. The van der Waals surface area contributed by atoms with Crippen LogP contribution in [0.2, 0.25) is 5.02 Å². The van der Waals surface area contributed by atoms with Crippen LogP contribution in [0.1, 0.15) is 21.5 Å². The van der Waals surface area contributed by atoms with Gasteiger partial charge in [-0.3, -0.25) is 4.79 Å². The van der Waals surface area contributed by atoms with Crippen LogP contribution in [-0.4, -0.2) is 12.1 Å². The normalized spacial score (nSPS) is 11.0. The Morgan fingerprint density at radius 3 is 2.52 bits per heavy atom. The number of halogens is 1. The smallest absolute Gasteiger partial charge is 0.273 e. The summed E-state index contributed by atoms with van der Waals surface area (Å²) in [6, 6.07) is 26.2. The van der Waals surface area contributed by atoms with Gasteiger partial charge in [-0.15, -0.1) is 0 Å². The van der Waals surface area contributed by atoms with Crippen LogP contribution in [0, 0.1) is 0 Å². The third-order valence-corrected chi connectivity index (χ3v) is 5.06. The van der Waals surface area contributed by atoms with Crippen molar-refractivity contribution in [3.8, 4) is 5.75 Å². The van der Waals surface area contributed by atoms with Crippen molar-refractivity contribution in [2.75, 3.05) is 5.73 Å². The highest BCUT2D eigenvalue weighted by atomic mass is 35.5. The molecular formula is C25H20ClN3O2. The number of nitrogen functional groups attached to an aromatic ring is 1. The van der Waals surface area contributed by atoms with Crippen molar-refractivity contribution in [2.45, 2.75) is 6.61 Å². The predicted molar refractivity (Wildman–Crippen MR) is 126 cm³/mol. The third kappa shape index (κ3) is 4.85. The Kier molecular flexibility index (Phi) is 6.15. The minimum absolute atomic E-state index is 0.372. The molecule has 6 heteroatoms. The van der Waals surface area contributed by atoms with E-state index in [0.29, 0.717) is 28.6 Å². The Morgan fingerprint density at radius 1 is 0.968 bits per heavy atom. The summed E-state index contributed by atoms with van der Waals surface area (Å²) in [7, 11) is 0. The number of carbonyl (C=O) groups excluding carboxylic acids is 1. The van der Waals surface area contributed by atoms with Gasteiger partial charge in [0.15, 0.2) is 0 Å². The number of fused-ring (bicyclic) bond motifs is 1. The molecule has 0 fully saturated rings. The van der Waals surface area contributed by atoms with E-state index in [4.69, 9.17) is 22.1 Å². The van der Waals surface area contributed by atoms with Gasteiger partial charge in [0.25, 0.3) is 5.91 Å². The van der Waals surface area contributed by atoms with Crippen molar-refractivity contribution in [1.82, 2.24) is 5.43 Å². The van der Waals surface area contributed by atoms with Crippen molar-refractivity contribution in [3.05, 3.63) is 107 Å². The lowest BCUT2D eigenvalue weighted by Crippen LogP contribution is -2.19. The van der Waals surface area contributed by atoms with E-state index in [-0.39, 0.29) is 5.91 Å².